The minimum absolute atomic E-state index is 0.00636. The van der Waals surface area contributed by atoms with Crippen molar-refractivity contribution in [1.29, 1.82) is 0 Å². The Morgan fingerprint density at radius 3 is 2.57 bits per heavy atom. The Morgan fingerprint density at radius 1 is 1.20 bits per heavy atom. The Bertz CT molecular complexity index is 896. The number of nitro benzene ring substituents is 1. The summed E-state index contributed by atoms with van der Waals surface area (Å²) in [5.41, 5.74) is 0.447. The molecule has 192 valence electrons. The lowest BCUT2D eigenvalue weighted by molar-refractivity contribution is -0.384. The molecule has 1 N–H and O–H groups in total. The summed E-state index contributed by atoms with van der Waals surface area (Å²) in [7, 11) is 0. The van der Waals surface area contributed by atoms with E-state index in [1.165, 1.54) is 18.2 Å². The molecule has 0 radical (unpaired) electrons. The smallest absolute Gasteiger partial charge is 0.321 e. The number of unbranched alkanes of at least 4 members (excludes halogenated alkanes) is 1. The first-order chi connectivity index (χ1) is 16.9. The first-order valence-electron chi connectivity index (χ1n) is 12.6. The normalized spacial score (nSPS) is 17.5. The van der Waals surface area contributed by atoms with E-state index in [-0.39, 0.29) is 24.3 Å². The summed E-state index contributed by atoms with van der Waals surface area (Å²) in [6.45, 7) is 3.86. The highest BCUT2D eigenvalue weighted by Crippen LogP contribution is 2.28. The van der Waals surface area contributed by atoms with Crippen molar-refractivity contribution in [3.63, 3.8) is 0 Å². The molecular formula is C25H36N4O6. The monoisotopic (exact) mass is 488 g/mol. The molecular weight excluding hydrogens is 452 g/mol. The fourth-order valence-electron chi connectivity index (χ4n) is 4.82. The second-order valence-corrected chi connectivity index (χ2v) is 9.21. The third kappa shape index (κ3) is 7.24. The molecule has 35 heavy (non-hydrogen) atoms. The molecule has 10 heteroatoms. The van der Waals surface area contributed by atoms with Crippen molar-refractivity contribution in [3.05, 3.63) is 39.9 Å². The predicted octanol–water partition coefficient (Wildman–Crippen LogP) is 3.43. The van der Waals surface area contributed by atoms with Gasteiger partial charge >= 0.3 is 6.03 Å². The number of hydrogen-bond donors (Lipinski definition) is 1. The lowest BCUT2D eigenvalue weighted by atomic mass is 9.91. The van der Waals surface area contributed by atoms with Gasteiger partial charge in [0.1, 0.15) is 6.04 Å². The molecule has 1 aromatic rings. The van der Waals surface area contributed by atoms with Crippen molar-refractivity contribution in [1.82, 2.24) is 15.1 Å². The number of morpholine rings is 1. The second kappa shape index (κ2) is 13.2. The van der Waals surface area contributed by atoms with Crippen LogP contribution in [0.25, 0.3) is 0 Å². The minimum Gasteiger partial charge on any atom is -0.378 e. The zero-order valence-electron chi connectivity index (χ0n) is 20.4. The van der Waals surface area contributed by atoms with Crippen molar-refractivity contribution >= 4 is 23.4 Å². The highest BCUT2D eigenvalue weighted by atomic mass is 16.6. The summed E-state index contributed by atoms with van der Waals surface area (Å²) >= 11 is 0. The van der Waals surface area contributed by atoms with Gasteiger partial charge in [0, 0.05) is 37.8 Å². The number of hydrogen-bond acceptors (Lipinski definition) is 6. The topological polar surface area (TPSA) is 122 Å². The van der Waals surface area contributed by atoms with Crippen LogP contribution in [-0.2, 0) is 20.9 Å². The number of urea groups is 1. The molecule has 1 atom stereocenters. The van der Waals surface area contributed by atoms with E-state index in [1.807, 2.05) is 6.92 Å². The standard InChI is InChI=1S/C25H36N4O6/c1-2-3-12-22(23(30)24(31)26-18-19-8-7-11-21(17-19)29(33)34)28(20-9-5-4-6-10-20)25(32)27-13-15-35-16-14-27/h7-8,11,17,20,22H,2-6,9-10,12-16,18H2,1H3,(H,26,31)/t22-/m0/s1. The maximum atomic E-state index is 13.7. The third-order valence-electron chi connectivity index (χ3n) is 6.74. The number of ketones is 1. The van der Waals surface area contributed by atoms with E-state index in [9.17, 15) is 24.5 Å². The van der Waals surface area contributed by atoms with Crippen LogP contribution < -0.4 is 5.32 Å². The predicted molar refractivity (Wildman–Crippen MR) is 130 cm³/mol. The number of nitrogens with one attached hydrogen (secondary N) is 1. The number of non-ortho nitro benzene ring substituents is 1. The highest BCUT2D eigenvalue weighted by Gasteiger charge is 2.40. The van der Waals surface area contributed by atoms with Crippen LogP contribution in [0.3, 0.4) is 0 Å². The maximum absolute atomic E-state index is 13.7. The molecule has 0 unspecified atom stereocenters. The van der Waals surface area contributed by atoms with Crippen LogP contribution >= 0.6 is 0 Å². The Labute approximate surface area is 206 Å². The van der Waals surface area contributed by atoms with Crippen molar-refractivity contribution in [2.75, 3.05) is 26.3 Å². The van der Waals surface area contributed by atoms with Crippen LogP contribution in [0, 0.1) is 10.1 Å². The number of Topliss-reactive ketones (excluding diaryl/α,β-unsaturated/α-hetero) is 1. The first kappa shape index (κ1) is 26.6. The lowest BCUT2D eigenvalue weighted by Gasteiger charge is -2.42. The van der Waals surface area contributed by atoms with E-state index < -0.39 is 22.7 Å². The van der Waals surface area contributed by atoms with E-state index in [2.05, 4.69) is 5.32 Å². The van der Waals surface area contributed by atoms with Crippen LogP contribution in [0.1, 0.15) is 63.9 Å². The molecule has 0 bridgehead atoms. The van der Waals surface area contributed by atoms with Crippen molar-refractivity contribution < 1.29 is 24.0 Å². The molecule has 10 nitrogen and oxygen atoms in total. The zero-order chi connectivity index (χ0) is 25.2. The van der Waals surface area contributed by atoms with Crippen molar-refractivity contribution in [2.24, 2.45) is 0 Å². The third-order valence-corrected chi connectivity index (χ3v) is 6.74. The Balaban J connectivity index is 1.78. The number of carbonyl (C=O) groups is 3. The van der Waals surface area contributed by atoms with Crippen LogP contribution in [0.2, 0.25) is 0 Å². The molecule has 1 aliphatic carbocycles. The molecule has 1 saturated carbocycles. The largest absolute Gasteiger partial charge is 0.378 e. The molecule has 1 heterocycles. The summed E-state index contributed by atoms with van der Waals surface area (Å²) in [6.07, 6.45) is 6.70. The summed E-state index contributed by atoms with van der Waals surface area (Å²) in [4.78, 5) is 54.0. The van der Waals surface area contributed by atoms with Gasteiger partial charge in [0.15, 0.2) is 0 Å². The molecule has 0 aromatic heterocycles. The fourth-order valence-corrected chi connectivity index (χ4v) is 4.82. The number of nitrogens with zero attached hydrogens (tertiary/aromatic N) is 3. The van der Waals surface area contributed by atoms with E-state index in [0.29, 0.717) is 44.7 Å². The number of benzene rings is 1. The molecule has 0 spiro atoms. The van der Waals surface area contributed by atoms with Gasteiger partial charge in [-0.2, -0.15) is 0 Å². The maximum Gasteiger partial charge on any atom is 0.321 e. The molecule has 3 rings (SSSR count). The highest BCUT2D eigenvalue weighted by molar-refractivity contribution is 6.38. The average Bonchev–Trinajstić information content (AvgIpc) is 2.90. The van der Waals surface area contributed by atoms with Crippen LogP contribution in [0.4, 0.5) is 10.5 Å². The first-order valence-corrected chi connectivity index (χ1v) is 12.6. The zero-order valence-corrected chi connectivity index (χ0v) is 20.4. The van der Waals surface area contributed by atoms with Gasteiger partial charge in [-0.25, -0.2) is 4.79 Å². The van der Waals surface area contributed by atoms with Gasteiger partial charge in [-0.3, -0.25) is 19.7 Å². The molecule has 2 fully saturated rings. The number of nitro groups is 1. The van der Waals surface area contributed by atoms with E-state index in [4.69, 9.17) is 4.74 Å². The van der Waals surface area contributed by atoms with Crippen LogP contribution in [-0.4, -0.2) is 70.8 Å². The van der Waals surface area contributed by atoms with E-state index in [0.717, 1.165) is 38.5 Å². The van der Waals surface area contributed by atoms with Gasteiger partial charge in [-0.1, -0.05) is 51.2 Å². The SMILES string of the molecule is CCCC[C@@H](C(=O)C(=O)NCc1cccc([N+](=O)[O-])c1)N(C(=O)N1CCOCC1)C1CCCCC1. The Hall–Kier alpha value is -3.01. The number of amides is 3. The van der Waals surface area contributed by atoms with Crippen LogP contribution in [0.5, 0.6) is 0 Å². The second-order valence-electron chi connectivity index (χ2n) is 9.21. The minimum atomic E-state index is -0.835. The molecule has 1 aliphatic heterocycles. The number of ether oxygens (including phenoxy) is 1. The Morgan fingerprint density at radius 2 is 1.91 bits per heavy atom. The van der Waals surface area contributed by atoms with Crippen LogP contribution in [0.15, 0.2) is 24.3 Å². The average molecular weight is 489 g/mol. The van der Waals surface area contributed by atoms with Gasteiger partial charge in [0.2, 0.25) is 5.78 Å². The molecule has 2 aliphatic rings. The molecule has 3 amide bonds. The lowest BCUT2D eigenvalue weighted by Crippen LogP contribution is -2.59. The van der Waals surface area contributed by atoms with Crippen molar-refractivity contribution in [3.8, 4) is 0 Å². The van der Waals surface area contributed by atoms with Gasteiger partial charge in [0.05, 0.1) is 18.1 Å². The Kier molecular flexibility index (Phi) is 10.0. The van der Waals surface area contributed by atoms with Gasteiger partial charge in [0.25, 0.3) is 11.6 Å². The summed E-state index contributed by atoms with van der Waals surface area (Å²) in [5, 5.41) is 13.6. The van der Waals surface area contributed by atoms with Crippen molar-refractivity contribution in [2.45, 2.75) is 76.9 Å². The van der Waals surface area contributed by atoms with Gasteiger partial charge in [-0.15, -0.1) is 0 Å². The van der Waals surface area contributed by atoms with Gasteiger partial charge < -0.3 is 19.9 Å². The van der Waals surface area contributed by atoms with Gasteiger partial charge in [-0.05, 0) is 24.8 Å². The quantitative estimate of drug-likeness (QED) is 0.306. The van der Waals surface area contributed by atoms with E-state index in [1.54, 1.807) is 15.9 Å². The molecule has 1 aromatic carbocycles. The van der Waals surface area contributed by atoms with E-state index >= 15 is 0 Å². The fraction of sp³-hybridized carbons (Fsp3) is 0.640. The summed E-state index contributed by atoms with van der Waals surface area (Å²) in [6, 6.07) is 4.83. The summed E-state index contributed by atoms with van der Waals surface area (Å²) in [5.74, 6) is -1.40. The number of rotatable bonds is 10. The molecule has 1 saturated heterocycles. The number of carbonyl (C=O) groups excluding carboxylic acids is 3. The summed E-state index contributed by atoms with van der Waals surface area (Å²) < 4.78 is 5.40.